The number of nitrogens with zero attached hydrogens (tertiary/aromatic N) is 6. The maximum atomic E-state index is 6.19. The molecule has 11 heteroatoms. The molecule has 0 unspecified atom stereocenters. The van der Waals surface area contributed by atoms with Crippen LogP contribution in [-0.2, 0) is 5.75 Å². The number of hydrogen-bond acceptors (Lipinski definition) is 9. The Morgan fingerprint density at radius 3 is 2.52 bits per heavy atom. The van der Waals surface area contributed by atoms with Crippen molar-refractivity contribution in [3.8, 4) is 11.4 Å². The molecule has 0 saturated heterocycles. The predicted molar refractivity (Wildman–Crippen MR) is 117 cm³/mol. The van der Waals surface area contributed by atoms with Gasteiger partial charge in [0.1, 0.15) is 5.82 Å². The van der Waals surface area contributed by atoms with E-state index < -0.39 is 0 Å². The fraction of sp³-hybridized carbons (Fsp3) is 0.0556. The molecule has 0 aliphatic carbocycles. The van der Waals surface area contributed by atoms with Gasteiger partial charge in [-0.1, -0.05) is 58.0 Å². The molecule has 0 amide bonds. The first-order valence-electron chi connectivity index (χ1n) is 8.51. The first kappa shape index (κ1) is 19.2. The molecule has 0 fully saturated rings. The quantitative estimate of drug-likeness (QED) is 0.287. The number of halogens is 1. The summed E-state index contributed by atoms with van der Waals surface area (Å²) in [6.07, 6.45) is 0. The maximum absolute atomic E-state index is 6.19. The average molecular weight is 470 g/mol. The van der Waals surface area contributed by atoms with Crippen LogP contribution in [0.5, 0.6) is 0 Å². The van der Waals surface area contributed by atoms with Crippen molar-refractivity contribution in [2.24, 2.45) is 0 Å². The normalized spacial score (nSPS) is 10.8. The van der Waals surface area contributed by atoms with Gasteiger partial charge < -0.3 is 16.9 Å². The third kappa shape index (κ3) is 4.46. The third-order valence-electron chi connectivity index (χ3n) is 3.84. The van der Waals surface area contributed by atoms with Crippen LogP contribution < -0.4 is 16.9 Å². The summed E-state index contributed by atoms with van der Waals surface area (Å²) in [6.45, 7) is 0. The van der Waals surface area contributed by atoms with Crippen LogP contribution in [0.3, 0.4) is 0 Å². The summed E-state index contributed by atoms with van der Waals surface area (Å²) in [4.78, 5) is 12.7. The highest BCUT2D eigenvalue weighted by Gasteiger charge is 2.15. The van der Waals surface area contributed by atoms with Crippen molar-refractivity contribution in [3.05, 3.63) is 64.9 Å². The number of thioether (sulfide) groups is 1. The maximum Gasteiger partial charge on any atom is 0.232 e. The molecule has 0 spiro atoms. The summed E-state index contributed by atoms with van der Waals surface area (Å²) in [6, 6.07) is 17.3. The van der Waals surface area contributed by atoms with Gasteiger partial charge in [-0.05, 0) is 24.3 Å². The van der Waals surface area contributed by atoms with Gasteiger partial charge in [-0.2, -0.15) is 15.0 Å². The minimum atomic E-state index is 0.136. The van der Waals surface area contributed by atoms with Gasteiger partial charge in [0.05, 0.1) is 5.75 Å². The molecule has 0 atom stereocenters. The van der Waals surface area contributed by atoms with Crippen molar-refractivity contribution in [1.82, 2.24) is 29.8 Å². The highest BCUT2D eigenvalue weighted by atomic mass is 79.9. The number of nitrogens with one attached hydrogen (secondary N) is 1. The number of nitrogens with two attached hydrogens (primary N) is 2. The second kappa shape index (κ2) is 8.45. The van der Waals surface area contributed by atoms with E-state index in [-0.39, 0.29) is 5.95 Å². The van der Waals surface area contributed by atoms with Crippen molar-refractivity contribution in [3.63, 3.8) is 0 Å². The van der Waals surface area contributed by atoms with Gasteiger partial charge in [0, 0.05) is 15.7 Å². The molecule has 9 nitrogen and oxygen atoms in total. The van der Waals surface area contributed by atoms with Crippen LogP contribution in [0.1, 0.15) is 5.82 Å². The molecule has 2 aromatic heterocycles. The Bertz CT molecular complexity index is 1130. The van der Waals surface area contributed by atoms with Crippen molar-refractivity contribution < 1.29 is 0 Å². The van der Waals surface area contributed by atoms with Crippen molar-refractivity contribution in [2.45, 2.75) is 10.9 Å². The van der Waals surface area contributed by atoms with Crippen LogP contribution in [0.4, 0.5) is 17.6 Å². The second-order valence-electron chi connectivity index (χ2n) is 5.87. The SMILES string of the molecule is Nc1nc(CSc2nnc(-c3ccccc3Br)n2N)nc(Nc2ccccc2)n1. The average Bonchev–Trinajstić information content (AvgIpc) is 3.07. The molecule has 0 saturated carbocycles. The van der Waals surface area contributed by atoms with Gasteiger partial charge in [0.2, 0.25) is 17.1 Å². The van der Waals surface area contributed by atoms with E-state index in [9.17, 15) is 0 Å². The smallest absolute Gasteiger partial charge is 0.232 e. The van der Waals surface area contributed by atoms with E-state index in [1.165, 1.54) is 16.4 Å². The van der Waals surface area contributed by atoms with E-state index in [4.69, 9.17) is 11.6 Å². The molecule has 0 aliphatic heterocycles. The van der Waals surface area contributed by atoms with Crippen LogP contribution in [0.15, 0.2) is 64.2 Å². The zero-order valence-corrected chi connectivity index (χ0v) is 17.4. The summed E-state index contributed by atoms with van der Waals surface area (Å²) in [7, 11) is 0. The minimum absolute atomic E-state index is 0.136. The molecule has 0 radical (unpaired) electrons. The Kier molecular flexibility index (Phi) is 5.58. The summed E-state index contributed by atoms with van der Waals surface area (Å²) in [5.41, 5.74) is 7.55. The molecule has 2 heterocycles. The Balaban J connectivity index is 1.50. The van der Waals surface area contributed by atoms with Crippen molar-refractivity contribution >= 4 is 45.3 Å². The van der Waals surface area contributed by atoms with Crippen molar-refractivity contribution in [1.29, 1.82) is 0 Å². The zero-order chi connectivity index (χ0) is 20.2. The number of aromatic nitrogens is 6. The monoisotopic (exact) mass is 469 g/mol. The largest absolute Gasteiger partial charge is 0.368 e. The second-order valence-corrected chi connectivity index (χ2v) is 7.67. The molecule has 4 aromatic rings. The van der Waals surface area contributed by atoms with Crippen LogP contribution >= 0.6 is 27.7 Å². The molecule has 0 bridgehead atoms. The lowest BCUT2D eigenvalue weighted by molar-refractivity contribution is 0.847. The van der Waals surface area contributed by atoms with E-state index in [0.717, 1.165) is 15.7 Å². The molecular weight excluding hydrogens is 454 g/mol. The number of para-hydroxylation sites is 1. The van der Waals surface area contributed by atoms with E-state index in [0.29, 0.717) is 28.5 Å². The fourth-order valence-electron chi connectivity index (χ4n) is 2.54. The number of hydrogen-bond donors (Lipinski definition) is 3. The lowest BCUT2D eigenvalue weighted by Gasteiger charge is -2.07. The first-order chi connectivity index (χ1) is 14.1. The lowest BCUT2D eigenvalue weighted by Crippen LogP contribution is -2.12. The molecule has 29 heavy (non-hydrogen) atoms. The molecule has 2 aromatic carbocycles. The number of rotatable bonds is 6. The van der Waals surface area contributed by atoms with Gasteiger partial charge in [-0.3, -0.25) is 0 Å². The van der Waals surface area contributed by atoms with Crippen LogP contribution in [0, 0.1) is 0 Å². The molecule has 0 aliphatic rings. The Morgan fingerprint density at radius 1 is 0.966 bits per heavy atom. The molecule has 4 rings (SSSR count). The van der Waals surface area contributed by atoms with Gasteiger partial charge in [0.15, 0.2) is 5.82 Å². The topological polar surface area (TPSA) is 133 Å². The predicted octanol–water partition coefficient (Wildman–Crippen LogP) is 3.22. The lowest BCUT2D eigenvalue weighted by atomic mass is 10.2. The molecule has 146 valence electrons. The highest BCUT2D eigenvalue weighted by Crippen LogP contribution is 2.28. The molecular formula is C18H16BrN9S. The van der Waals surface area contributed by atoms with E-state index in [1.54, 1.807) is 0 Å². The Morgan fingerprint density at radius 2 is 1.72 bits per heavy atom. The summed E-state index contributed by atoms with van der Waals surface area (Å²) < 4.78 is 2.33. The fourth-order valence-corrected chi connectivity index (χ4v) is 3.71. The number of benzene rings is 2. The van der Waals surface area contributed by atoms with Gasteiger partial charge in [-0.15, -0.1) is 10.2 Å². The van der Waals surface area contributed by atoms with Crippen LogP contribution in [0.25, 0.3) is 11.4 Å². The highest BCUT2D eigenvalue weighted by molar-refractivity contribution is 9.10. The number of nitrogen functional groups attached to an aromatic ring is 2. The summed E-state index contributed by atoms with van der Waals surface area (Å²) in [5, 5.41) is 12.0. The number of anilines is 3. The Labute approximate surface area is 179 Å². The van der Waals surface area contributed by atoms with Crippen LogP contribution in [-0.4, -0.2) is 29.8 Å². The minimum Gasteiger partial charge on any atom is -0.368 e. The summed E-state index contributed by atoms with van der Waals surface area (Å²) >= 11 is 4.86. The van der Waals surface area contributed by atoms with Crippen molar-refractivity contribution in [2.75, 3.05) is 16.9 Å². The standard InChI is InChI=1S/C18H16BrN9S/c19-13-9-5-4-8-12(13)15-26-27-18(28(15)21)29-10-14-23-16(20)25-17(24-14)22-11-6-2-1-3-7-11/h1-9H,10,21H2,(H3,20,22,23,24,25). The van der Waals surface area contributed by atoms with Gasteiger partial charge in [-0.25, -0.2) is 4.68 Å². The van der Waals surface area contributed by atoms with E-state index in [1.807, 2.05) is 54.6 Å². The van der Waals surface area contributed by atoms with Gasteiger partial charge >= 0.3 is 0 Å². The summed E-state index contributed by atoms with van der Waals surface area (Å²) in [5.74, 6) is 8.17. The third-order valence-corrected chi connectivity index (χ3v) is 5.47. The molecule has 5 N–H and O–H groups in total. The van der Waals surface area contributed by atoms with Crippen LogP contribution in [0.2, 0.25) is 0 Å². The van der Waals surface area contributed by atoms with E-state index >= 15 is 0 Å². The Hall–Kier alpha value is -3.18. The first-order valence-corrected chi connectivity index (χ1v) is 10.3. The van der Waals surface area contributed by atoms with E-state index in [2.05, 4.69) is 46.4 Å². The zero-order valence-electron chi connectivity index (χ0n) is 15.0. The van der Waals surface area contributed by atoms with Gasteiger partial charge in [0.25, 0.3) is 0 Å².